The van der Waals surface area contributed by atoms with Crippen molar-refractivity contribution in [2.75, 3.05) is 13.1 Å². The van der Waals surface area contributed by atoms with E-state index < -0.39 is 0 Å². The average Bonchev–Trinajstić information content (AvgIpc) is 3.08. The van der Waals surface area contributed by atoms with Gasteiger partial charge in [0, 0.05) is 19.6 Å². The summed E-state index contributed by atoms with van der Waals surface area (Å²) in [6.07, 6.45) is 1.70. The number of piperidine rings is 1. The number of hydrogen-bond acceptors (Lipinski definition) is 5. The highest BCUT2D eigenvalue weighted by molar-refractivity contribution is 7.71. The molecular formula is C14H20N4OS2. The second kappa shape index (κ2) is 6.39. The molecule has 0 bridgehead atoms. The van der Waals surface area contributed by atoms with Gasteiger partial charge in [-0.25, -0.2) is 4.68 Å². The summed E-state index contributed by atoms with van der Waals surface area (Å²) in [4.78, 5) is 3.36. The highest BCUT2D eigenvalue weighted by Gasteiger charge is 2.20. The van der Waals surface area contributed by atoms with Crippen LogP contribution in [0.25, 0.3) is 10.7 Å². The zero-order chi connectivity index (χ0) is 14.8. The van der Waals surface area contributed by atoms with Gasteiger partial charge >= 0.3 is 0 Å². The summed E-state index contributed by atoms with van der Waals surface area (Å²) in [6.45, 7) is 5.25. The third kappa shape index (κ3) is 3.11. The van der Waals surface area contributed by atoms with Crippen LogP contribution in [-0.2, 0) is 13.2 Å². The molecule has 0 saturated carbocycles. The maximum atomic E-state index is 9.78. The minimum atomic E-state index is -0.224. The Morgan fingerprint density at radius 3 is 3.05 bits per heavy atom. The summed E-state index contributed by atoms with van der Waals surface area (Å²) < 4.78 is 4.70. The number of aromatic nitrogens is 3. The Morgan fingerprint density at radius 1 is 1.52 bits per heavy atom. The second-order valence-electron chi connectivity index (χ2n) is 5.34. The average molecular weight is 324 g/mol. The van der Waals surface area contributed by atoms with E-state index >= 15 is 0 Å². The van der Waals surface area contributed by atoms with E-state index in [9.17, 15) is 5.11 Å². The normalized spacial score (nSPS) is 20.0. The Labute approximate surface area is 133 Å². The number of nitrogens with zero attached hydrogens (tertiary/aromatic N) is 4. The molecule has 7 heteroatoms. The lowest BCUT2D eigenvalue weighted by atomic mass is 10.1. The van der Waals surface area contributed by atoms with Crippen molar-refractivity contribution in [2.45, 2.75) is 39.1 Å². The third-order valence-corrected chi connectivity index (χ3v) is 5.09. The van der Waals surface area contributed by atoms with E-state index in [4.69, 9.17) is 17.3 Å². The van der Waals surface area contributed by atoms with Gasteiger partial charge in [0.2, 0.25) is 0 Å². The largest absolute Gasteiger partial charge is 0.392 e. The van der Waals surface area contributed by atoms with Crippen molar-refractivity contribution in [3.05, 3.63) is 22.3 Å². The van der Waals surface area contributed by atoms with Crippen LogP contribution in [0.1, 0.15) is 19.8 Å². The molecule has 1 atom stereocenters. The lowest BCUT2D eigenvalue weighted by Gasteiger charge is -2.29. The van der Waals surface area contributed by atoms with Gasteiger partial charge in [-0.3, -0.25) is 9.47 Å². The molecule has 1 fully saturated rings. The van der Waals surface area contributed by atoms with Crippen molar-refractivity contribution in [3.8, 4) is 10.7 Å². The van der Waals surface area contributed by atoms with E-state index in [0.29, 0.717) is 13.2 Å². The smallest absolute Gasteiger partial charge is 0.199 e. The number of thiophene rings is 1. The van der Waals surface area contributed by atoms with Gasteiger partial charge in [0.05, 0.1) is 17.6 Å². The summed E-state index contributed by atoms with van der Waals surface area (Å²) in [5.74, 6) is 0.940. The summed E-state index contributed by atoms with van der Waals surface area (Å²) >= 11 is 7.24. The number of hydrogen-bond donors (Lipinski definition) is 1. The Morgan fingerprint density at radius 2 is 2.38 bits per heavy atom. The fourth-order valence-corrected chi connectivity index (χ4v) is 3.79. The van der Waals surface area contributed by atoms with Crippen LogP contribution < -0.4 is 0 Å². The van der Waals surface area contributed by atoms with Crippen molar-refractivity contribution in [1.82, 2.24) is 19.2 Å². The number of rotatable bonds is 4. The molecule has 0 aromatic carbocycles. The lowest BCUT2D eigenvalue weighted by molar-refractivity contribution is 0.0513. The first-order valence-electron chi connectivity index (χ1n) is 7.31. The minimum Gasteiger partial charge on any atom is -0.392 e. The van der Waals surface area contributed by atoms with Gasteiger partial charge in [0.15, 0.2) is 10.6 Å². The first-order chi connectivity index (χ1) is 10.2. The molecule has 114 valence electrons. The van der Waals surface area contributed by atoms with Gasteiger partial charge in [0.1, 0.15) is 0 Å². The molecule has 0 unspecified atom stereocenters. The summed E-state index contributed by atoms with van der Waals surface area (Å²) in [7, 11) is 0. The fraction of sp³-hybridized carbons (Fsp3) is 0.571. The molecule has 1 N–H and O–H groups in total. The summed E-state index contributed by atoms with van der Waals surface area (Å²) in [6, 6.07) is 4.10. The van der Waals surface area contributed by atoms with Gasteiger partial charge < -0.3 is 5.11 Å². The fourth-order valence-electron chi connectivity index (χ4n) is 2.76. The lowest BCUT2D eigenvalue weighted by Crippen LogP contribution is -2.39. The maximum absolute atomic E-state index is 9.78. The second-order valence-corrected chi connectivity index (χ2v) is 6.65. The van der Waals surface area contributed by atoms with Crippen LogP contribution in [0.15, 0.2) is 17.5 Å². The molecule has 2 aromatic rings. The topological polar surface area (TPSA) is 46.2 Å². The van der Waals surface area contributed by atoms with Gasteiger partial charge in [-0.1, -0.05) is 6.07 Å². The van der Waals surface area contributed by atoms with Gasteiger partial charge in [-0.05, 0) is 43.4 Å². The molecule has 0 spiro atoms. The van der Waals surface area contributed by atoms with Crippen molar-refractivity contribution < 1.29 is 5.11 Å². The predicted molar refractivity (Wildman–Crippen MR) is 86.9 cm³/mol. The Hall–Kier alpha value is -1.02. The number of β-amino-alcohol motifs (C(OH)–C–C–N with tert-alkyl or cyclic N) is 1. The standard InChI is InChI=1S/C14H20N4OS2/c1-2-17-13(12-6-4-8-21-12)15-18(14(17)20)10-16-7-3-5-11(19)9-16/h4,6,8,11,19H,2-3,5,7,9-10H2,1H3/t11-/m0/s1. The Bertz CT molecular complexity index is 646. The molecule has 3 rings (SSSR count). The molecule has 21 heavy (non-hydrogen) atoms. The molecule has 0 amide bonds. The van der Waals surface area contributed by atoms with Crippen LogP contribution in [0.5, 0.6) is 0 Å². The predicted octanol–water partition coefficient (Wildman–Crippen LogP) is 2.58. The summed E-state index contributed by atoms with van der Waals surface area (Å²) in [5, 5.41) is 16.5. The Balaban J connectivity index is 1.87. The SMILES string of the molecule is CCn1c(-c2cccs2)nn(CN2CCC[C@H](O)C2)c1=S. The van der Waals surface area contributed by atoms with Crippen molar-refractivity contribution in [2.24, 2.45) is 0 Å². The molecule has 1 saturated heterocycles. The number of likely N-dealkylation sites (tertiary alicyclic amines) is 1. The molecular weight excluding hydrogens is 304 g/mol. The van der Waals surface area contributed by atoms with Gasteiger partial charge in [-0.2, -0.15) is 0 Å². The number of aliphatic hydroxyl groups excluding tert-OH is 1. The number of aliphatic hydroxyl groups is 1. The highest BCUT2D eigenvalue weighted by Crippen LogP contribution is 2.24. The third-order valence-electron chi connectivity index (χ3n) is 3.80. The van der Waals surface area contributed by atoms with Crippen molar-refractivity contribution in [3.63, 3.8) is 0 Å². The van der Waals surface area contributed by atoms with E-state index in [0.717, 1.165) is 41.4 Å². The molecule has 3 heterocycles. The van der Waals surface area contributed by atoms with E-state index in [2.05, 4.69) is 27.8 Å². The molecule has 5 nitrogen and oxygen atoms in total. The van der Waals surface area contributed by atoms with Crippen molar-refractivity contribution >= 4 is 23.6 Å². The quantitative estimate of drug-likeness (QED) is 0.878. The maximum Gasteiger partial charge on any atom is 0.199 e. The van der Waals surface area contributed by atoms with Crippen LogP contribution in [0.4, 0.5) is 0 Å². The van der Waals surface area contributed by atoms with E-state index in [1.807, 2.05) is 10.7 Å². The summed E-state index contributed by atoms with van der Waals surface area (Å²) in [5.41, 5.74) is 0. The van der Waals surface area contributed by atoms with Crippen LogP contribution in [0.3, 0.4) is 0 Å². The van der Waals surface area contributed by atoms with Crippen LogP contribution in [0.2, 0.25) is 0 Å². The first-order valence-corrected chi connectivity index (χ1v) is 8.59. The van der Waals surface area contributed by atoms with E-state index in [1.165, 1.54) is 0 Å². The van der Waals surface area contributed by atoms with E-state index in [-0.39, 0.29) is 6.10 Å². The highest BCUT2D eigenvalue weighted by atomic mass is 32.1. The minimum absolute atomic E-state index is 0.224. The van der Waals surface area contributed by atoms with Crippen LogP contribution in [0, 0.1) is 4.77 Å². The van der Waals surface area contributed by atoms with E-state index in [1.54, 1.807) is 11.3 Å². The monoisotopic (exact) mass is 324 g/mol. The molecule has 1 aliphatic heterocycles. The molecule has 2 aromatic heterocycles. The van der Waals surface area contributed by atoms with Crippen LogP contribution >= 0.6 is 23.6 Å². The van der Waals surface area contributed by atoms with Crippen LogP contribution in [-0.4, -0.2) is 43.5 Å². The zero-order valence-corrected chi connectivity index (χ0v) is 13.7. The first kappa shape index (κ1) is 14.9. The molecule has 0 radical (unpaired) electrons. The van der Waals surface area contributed by atoms with Crippen molar-refractivity contribution in [1.29, 1.82) is 0 Å². The van der Waals surface area contributed by atoms with Gasteiger partial charge in [-0.15, -0.1) is 16.4 Å². The van der Waals surface area contributed by atoms with Gasteiger partial charge in [0.25, 0.3) is 0 Å². The zero-order valence-electron chi connectivity index (χ0n) is 12.1. The molecule has 0 aliphatic carbocycles. The Kier molecular flexibility index (Phi) is 4.54. The molecule has 1 aliphatic rings.